The first-order valence-corrected chi connectivity index (χ1v) is 6.20. The highest BCUT2D eigenvalue weighted by molar-refractivity contribution is 5.78. The summed E-state index contributed by atoms with van der Waals surface area (Å²) in [6.07, 6.45) is 8.34. The van der Waals surface area contributed by atoms with Gasteiger partial charge in [-0.05, 0) is 25.8 Å². The Labute approximate surface area is 92.3 Å². The Morgan fingerprint density at radius 1 is 1.27 bits per heavy atom. The van der Waals surface area contributed by atoms with Gasteiger partial charge in [-0.25, -0.2) is 0 Å². The molecule has 1 fully saturated rings. The molecule has 1 rings (SSSR count). The van der Waals surface area contributed by atoms with E-state index in [9.17, 15) is 9.90 Å². The van der Waals surface area contributed by atoms with Gasteiger partial charge < -0.3 is 10.4 Å². The zero-order valence-electron chi connectivity index (χ0n) is 9.72. The van der Waals surface area contributed by atoms with Crippen LogP contribution < -0.4 is 5.32 Å². The number of nitrogens with one attached hydrogen (secondary N) is 1. The van der Waals surface area contributed by atoms with Gasteiger partial charge in [0.25, 0.3) is 0 Å². The van der Waals surface area contributed by atoms with Crippen LogP contribution in [0.4, 0.5) is 0 Å². The molecule has 0 aromatic heterocycles. The topological polar surface area (TPSA) is 49.3 Å². The van der Waals surface area contributed by atoms with Gasteiger partial charge in [0.2, 0.25) is 0 Å². The summed E-state index contributed by atoms with van der Waals surface area (Å²) in [7, 11) is 0. The molecule has 0 saturated heterocycles. The normalized spacial score (nSPS) is 20.1. The van der Waals surface area contributed by atoms with Crippen LogP contribution in [0.15, 0.2) is 0 Å². The monoisotopic (exact) mass is 213 g/mol. The standard InChI is InChI=1S/C12H23NO2/c1-2-3-7-10-13-12(11(14)15)8-5-4-6-9-12/h13H,2-10H2,1H3,(H,14,15). The summed E-state index contributed by atoms with van der Waals surface area (Å²) in [6, 6.07) is 0. The Morgan fingerprint density at radius 2 is 1.93 bits per heavy atom. The van der Waals surface area contributed by atoms with Gasteiger partial charge in [0.1, 0.15) is 5.54 Å². The summed E-state index contributed by atoms with van der Waals surface area (Å²) in [5.41, 5.74) is -0.605. The van der Waals surface area contributed by atoms with Gasteiger partial charge in [0.05, 0.1) is 0 Å². The van der Waals surface area contributed by atoms with Gasteiger partial charge in [0, 0.05) is 0 Å². The molecule has 0 aromatic rings. The van der Waals surface area contributed by atoms with Gasteiger partial charge in [-0.1, -0.05) is 39.0 Å². The van der Waals surface area contributed by atoms with E-state index in [1.54, 1.807) is 0 Å². The summed E-state index contributed by atoms with van der Waals surface area (Å²) < 4.78 is 0. The number of unbranched alkanes of at least 4 members (excludes halogenated alkanes) is 2. The van der Waals surface area contributed by atoms with Gasteiger partial charge in [0.15, 0.2) is 0 Å². The molecule has 0 aliphatic heterocycles. The molecule has 0 atom stereocenters. The van der Waals surface area contributed by atoms with Crippen molar-refractivity contribution in [3.63, 3.8) is 0 Å². The van der Waals surface area contributed by atoms with Gasteiger partial charge >= 0.3 is 5.97 Å². The maximum absolute atomic E-state index is 11.3. The van der Waals surface area contributed by atoms with Crippen molar-refractivity contribution in [2.24, 2.45) is 0 Å². The summed E-state index contributed by atoms with van der Waals surface area (Å²) in [4.78, 5) is 11.3. The smallest absolute Gasteiger partial charge is 0.323 e. The maximum Gasteiger partial charge on any atom is 0.323 e. The van der Waals surface area contributed by atoms with Gasteiger partial charge in [-0.2, -0.15) is 0 Å². The van der Waals surface area contributed by atoms with Crippen molar-refractivity contribution in [1.82, 2.24) is 5.32 Å². The van der Waals surface area contributed by atoms with Crippen molar-refractivity contribution in [3.8, 4) is 0 Å². The third kappa shape index (κ3) is 3.49. The molecule has 88 valence electrons. The van der Waals surface area contributed by atoms with Crippen LogP contribution in [0.5, 0.6) is 0 Å². The lowest BCUT2D eigenvalue weighted by molar-refractivity contribution is -0.146. The number of carbonyl (C=O) groups is 1. The fourth-order valence-corrected chi connectivity index (χ4v) is 2.32. The molecule has 0 bridgehead atoms. The fraction of sp³-hybridized carbons (Fsp3) is 0.917. The molecule has 1 saturated carbocycles. The summed E-state index contributed by atoms with van der Waals surface area (Å²) in [5, 5.41) is 12.6. The largest absolute Gasteiger partial charge is 0.480 e. The molecule has 15 heavy (non-hydrogen) atoms. The second-order valence-corrected chi connectivity index (χ2v) is 4.58. The Morgan fingerprint density at radius 3 is 2.47 bits per heavy atom. The number of hydrogen-bond donors (Lipinski definition) is 2. The third-order valence-corrected chi connectivity index (χ3v) is 3.36. The SMILES string of the molecule is CCCCCNC1(C(=O)O)CCCCC1. The Balaban J connectivity index is 2.39. The van der Waals surface area contributed by atoms with Crippen molar-refractivity contribution >= 4 is 5.97 Å². The predicted octanol–water partition coefficient (Wildman–Crippen LogP) is 2.55. The zero-order chi connectivity index (χ0) is 11.1. The molecule has 2 N–H and O–H groups in total. The molecule has 0 heterocycles. The van der Waals surface area contributed by atoms with Crippen LogP contribution in [0.2, 0.25) is 0 Å². The van der Waals surface area contributed by atoms with E-state index in [0.29, 0.717) is 0 Å². The van der Waals surface area contributed by atoms with E-state index in [1.807, 2.05) is 0 Å². The van der Waals surface area contributed by atoms with E-state index in [1.165, 1.54) is 19.3 Å². The number of carboxylic acids is 1. The van der Waals surface area contributed by atoms with E-state index < -0.39 is 11.5 Å². The van der Waals surface area contributed by atoms with Crippen LogP contribution in [-0.4, -0.2) is 23.2 Å². The van der Waals surface area contributed by atoms with Crippen LogP contribution in [0.25, 0.3) is 0 Å². The van der Waals surface area contributed by atoms with E-state index in [2.05, 4.69) is 12.2 Å². The summed E-state index contributed by atoms with van der Waals surface area (Å²) in [5.74, 6) is -0.654. The van der Waals surface area contributed by atoms with Crippen LogP contribution in [-0.2, 0) is 4.79 Å². The molecular formula is C12H23NO2. The van der Waals surface area contributed by atoms with Gasteiger partial charge in [-0.15, -0.1) is 0 Å². The lowest BCUT2D eigenvalue weighted by Crippen LogP contribution is -2.53. The first-order chi connectivity index (χ1) is 7.21. The average Bonchev–Trinajstić information content (AvgIpc) is 2.26. The molecule has 0 aromatic carbocycles. The average molecular weight is 213 g/mol. The number of rotatable bonds is 6. The van der Waals surface area contributed by atoms with E-state index in [0.717, 1.165) is 38.6 Å². The first kappa shape index (κ1) is 12.5. The Kier molecular flexibility index (Phi) is 5.09. The van der Waals surface area contributed by atoms with Crippen molar-refractivity contribution in [1.29, 1.82) is 0 Å². The molecule has 0 radical (unpaired) electrons. The Hall–Kier alpha value is -0.570. The van der Waals surface area contributed by atoms with Crippen molar-refractivity contribution in [2.75, 3.05) is 6.54 Å². The van der Waals surface area contributed by atoms with Crippen LogP contribution >= 0.6 is 0 Å². The van der Waals surface area contributed by atoms with Gasteiger partial charge in [-0.3, -0.25) is 4.79 Å². The first-order valence-electron chi connectivity index (χ1n) is 6.20. The zero-order valence-corrected chi connectivity index (χ0v) is 9.72. The minimum absolute atomic E-state index is 0.605. The van der Waals surface area contributed by atoms with E-state index >= 15 is 0 Å². The quantitative estimate of drug-likeness (QED) is 0.667. The lowest BCUT2D eigenvalue weighted by Gasteiger charge is -2.34. The molecular weight excluding hydrogens is 190 g/mol. The molecule has 3 heteroatoms. The highest BCUT2D eigenvalue weighted by atomic mass is 16.4. The highest BCUT2D eigenvalue weighted by Gasteiger charge is 2.38. The second kappa shape index (κ2) is 6.11. The van der Waals surface area contributed by atoms with Crippen LogP contribution in [0.1, 0.15) is 58.3 Å². The Bertz CT molecular complexity index is 198. The summed E-state index contributed by atoms with van der Waals surface area (Å²) in [6.45, 7) is 3.01. The summed E-state index contributed by atoms with van der Waals surface area (Å²) >= 11 is 0. The van der Waals surface area contributed by atoms with Crippen LogP contribution in [0, 0.1) is 0 Å². The third-order valence-electron chi connectivity index (χ3n) is 3.36. The van der Waals surface area contributed by atoms with E-state index in [4.69, 9.17) is 0 Å². The molecule has 1 aliphatic rings. The number of carboxylic acid groups (broad SMARTS) is 1. The molecule has 0 amide bonds. The maximum atomic E-state index is 11.3. The molecule has 0 unspecified atom stereocenters. The van der Waals surface area contributed by atoms with Crippen molar-refractivity contribution in [2.45, 2.75) is 63.8 Å². The van der Waals surface area contributed by atoms with Crippen molar-refractivity contribution in [3.05, 3.63) is 0 Å². The molecule has 1 aliphatic carbocycles. The van der Waals surface area contributed by atoms with Crippen LogP contribution in [0.3, 0.4) is 0 Å². The minimum atomic E-state index is -0.654. The van der Waals surface area contributed by atoms with E-state index in [-0.39, 0.29) is 0 Å². The molecule has 3 nitrogen and oxygen atoms in total. The second-order valence-electron chi connectivity index (χ2n) is 4.58. The predicted molar refractivity (Wildman–Crippen MR) is 61.0 cm³/mol. The fourth-order valence-electron chi connectivity index (χ4n) is 2.32. The highest BCUT2D eigenvalue weighted by Crippen LogP contribution is 2.28. The van der Waals surface area contributed by atoms with Crippen molar-refractivity contribution < 1.29 is 9.90 Å². The molecule has 0 spiro atoms. The minimum Gasteiger partial charge on any atom is -0.480 e. The lowest BCUT2D eigenvalue weighted by atomic mass is 9.81. The number of aliphatic carboxylic acids is 1. The number of hydrogen-bond acceptors (Lipinski definition) is 2.